The largest absolute Gasteiger partial charge is 0.497 e. The zero-order chi connectivity index (χ0) is 22.4. The molecule has 3 rings (SSSR count). The molecule has 1 saturated heterocycles. The Morgan fingerprint density at radius 1 is 1.10 bits per heavy atom. The Balaban J connectivity index is 1.90. The number of nitrogens with zero attached hydrogens (tertiary/aromatic N) is 2. The molecule has 0 aromatic heterocycles. The molecule has 0 unspecified atom stereocenters. The number of sulfonamides is 1. The summed E-state index contributed by atoms with van der Waals surface area (Å²) < 4.78 is 32.8. The highest BCUT2D eigenvalue weighted by Crippen LogP contribution is 2.32. The van der Waals surface area contributed by atoms with E-state index in [-0.39, 0.29) is 4.90 Å². The van der Waals surface area contributed by atoms with Gasteiger partial charge >= 0.3 is 0 Å². The molecule has 7 nitrogen and oxygen atoms in total. The maximum Gasteiger partial charge on any atom is 0.243 e. The van der Waals surface area contributed by atoms with Crippen LogP contribution in [0.3, 0.4) is 0 Å². The summed E-state index contributed by atoms with van der Waals surface area (Å²) in [6, 6.07) is 12.7. The van der Waals surface area contributed by atoms with E-state index in [1.807, 2.05) is 44.2 Å². The van der Waals surface area contributed by atoms with Gasteiger partial charge in [0.1, 0.15) is 5.75 Å². The zero-order valence-electron chi connectivity index (χ0n) is 18.2. The van der Waals surface area contributed by atoms with E-state index >= 15 is 0 Å². The number of benzene rings is 2. The van der Waals surface area contributed by atoms with E-state index in [1.165, 1.54) is 4.31 Å². The van der Waals surface area contributed by atoms with Crippen molar-refractivity contribution in [3.05, 3.63) is 42.5 Å². The average Bonchev–Trinajstić information content (AvgIpc) is 3.29. The fraction of sp³-hybridized carbons (Fsp3) is 0.409. The van der Waals surface area contributed by atoms with Gasteiger partial charge in [-0.1, -0.05) is 19.9 Å². The molecule has 2 aromatic carbocycles. The molecule has 0 aliphatic carbocycles. The molecule has 168 valence electrons. The highest BCUT2D eigenvalue weighted by atomic mass is 32.2. The van der Waals surface area contributed by atoms with Gasteiger partial charge < -0.3 is 20.3 Å². The van der Waals surface area contributed by atoms with Crippen LogP contribution in [-0.2, 0) is 10.0 Å². The molecule has 1 fully saturated rings. The quantitative estimate of drug-likeness (QED) is 0.571. The minimum atomic E-state index is -3.57. The molecule has 31 heavy (non-hydrogen) atoms. The summed E-state index contributed by atoms with van der Waals surface area (Å²) in [4.78, 5) is 2.51. The summed E-state index contributed by atoms with van der Waals surface area (Å²) in [5, 5.41) is 6.74. The van der Waals surface area contributed by atoms with E-state index in [4.69, 9.17) is 17.0 Å². The maximum absolute atomic E-state index is 13.0. The summed E-state index contributed by atoms with van der Waals surface area (Å²) in [6.07, 6.45) is 2.23. The lowest BCUT2D eigenvalue weighted by Gasteiger charge is -2.24. The summed E-state index contributed by atoms with van der Waals surface area (Å²) in [5.41, 5.74) is 2.41. The van der Waals surface area contributed by atoms with Crippen LogP contribution in [0, 0.1) is 0 Å². The third-order valence-corrected chi connectivity index (χ3v) is 7.58. The molecule has 9 heteroatoms. The smallest absolute Gasteiger partial charge is 0.243 e. The van der Waals surface area contributed by atoms with Crippen molar-refractivity contribution in [3.8, 4) is 5.75 Å². The highest BCUT2D eigenvalue weighted by Gasteiger charge is 2.24. The van der Waals surface area contributed by atoms with Gasteiger partial charge in [0.25, 0.3) is 0 Å². The summed E-state index contributed by atoms with van der Waals surface area (Å²) in [7, 11) is -1.96. The first-order chi connectivity index (χ1) is 14.9. The monoisotopic (exact) mass is 462 g/mol. The van der Waals surface area contributed by atoms with Crippen LogP contribution < -0.4 is 20.3 Å². The minimum Gasteiger partial charge on any atom is -0.497 e. The van der Waals surface area contributed by atoms with E-state index in [0.717, 1.165) is 43.1 Å². The van der Waals surface area contributed by atoms with Crippen LogP contribution in [0.15, 0.2) is 47.4 Å². The Bertz CT molecular complexity index is 1020. The van der Waals surface area contributed by atoms with Crippen molar-refractivity contribution in [2.75, 3.05) is 48.8 Å². The Kier molecular flexibility index (Phi) is 7.74. The van der Waals surface area contributed by atoms with Crippen molar-refractivity contribution in [1.29, 1.82) is 0 Å². The van der Waals surface area contributed by atoms with Gasteiger partial charge in [-0.05, 0) is 55.4 Å². The standard InChI is InChI=1S/C22H30N4O3S2/c1-4-26(5-2)31(27,28)19-11-12-21(25-13-6-7-14-25)20(16-19)24-22(30)23-17-9-8-10-18(15-17)29-3/h8-12,15-16H,4-7,13-14H2,1-3H3,(H2,23,24,30). The van der Waals surface area contributed by atoms with Crippen molar-refractivity contribution in [3.63, 3.8) is 0 Å². The second-order valence-electron chi connectivity index (χ2n) is 7.27. The minimum absolute atomic E-state index is 0.255. The Hall–Kier alpha value is -2.36. The maximum atomic E-state index is 13.0. The Labute approximate surface area is 190 Å². The Morgan fingerprint density at radius 3 is 2.45 bits per heavy atom. The molecule has 0 spiro atoms. The predicted octanol–water partition coefficient (Wildman–Crippen LogP) is 4.13. The lowest BCUT2D eigenvalue weighted by Crippen LogP contribution is -2.31. The van der Waals surface area contributed by atoms with Gasteiger partial charge in [0.2, 0.25) is 10.0 Å². The fourth-order valence-electron chi connectivity index (χ4n) is 3.71. The van der Waals surface area contributed by atoms with Gasteiger partial charge in [-0.25, -0.2) is 8.42 Å². The van der Waals surface area contributed by atoms with E-state index < -0.39 is 10.0 Å². The van der Waals surface area contributed by atoms with E-state index in [9.17, 15) is 8.42 Å². The van der Waals surface area contributed by atoms with Crippen LogP contribution in [0.5, 0.6) is 5.75 Å². The van der Waals surface area contributed by atoms with Gasteiger partial charge in [0, 0.05) is 37.9 Å². The van der Waals surface area contributed by atoms with Crippen molar-refractivity contribution in [2.24, 2.45) is 0 Å². The number of rotatable bonds is 8. The first-order valence-corrected chi connectivity index (χ1v) is 12.3. The molecule has 0 radical (unpaired) electrons. The summed E-state index contributed by atoms with van der Waals surface area (Å²) >= 11 is 5.52. The van der Waals surface area contributed by atoms with E-state index in [1.54, 1.807) is 19.2 Å². The number of hydrogen-bond acceptors (Lipinski definition) is 5. The molecular formula is C22H30N4O3S2. The van der Waals surface area contributed by atoms with Crippen LogP contribution >= 0.6 is 12.2 Å². The fourth-order valence-corrected chi connectivity index (χ4v) is 5.42. The Morgan fingerprint density at radius 2 is 1.81 bits per heavy atom. The molecule has 2 aromatic rings. The van der Waals surface area contributed by atoms with Crippen LogP contribution in [0.2, 0.25) is 0 Å². The number of thiocarbonyl (C=S) groups is 1. The average molecular weight is 463 g/mol. The van der Waals surface area contributed by atoms with Gasteiger partial charge in [-0.3, -0.25) is 0 Å². The van der Waals surface area contributed by atoms with Crippen LogP contribution in [0.4, 0.5) is 17.1 Å². The van der Waals surface area contributed by atoms with Gasteiger partial charge in [0.05, 0.1) is 23.4 Å². The molecule has 1 heterocycles. The second-order valence-corrected chi connectivity index (χ2v) is 9.62. The topological polar surface area (TPSA) is 73.9 Å². The first kappa shape index (κ1) is 23.3. The zero-order valence-corrected chi connectivity index (χ0v) is 19.9. The van der Waals surface area contributed by atoms with Crippen molar-refractivity contribution < 1.29 is 13.2 Å². The first-order valence-electron chi connectivity index (χ1n) is 10.5. The second kappa shape index (κ2) is 10.3. The van der Waals surface area contributed by atoms with Gasteiger partial charge in [0.15, 0.2) is 5.11 Å². The normalized spacial score (nSPS) is 14.0. The molecular weight excluding hydrogens is 432 g/mol. The van der Waals surface area contributed by atoms with Crippen molar-refractivity contribution >= 4 is 44.4 Å². The summed E-state index contributed by atoms with van der Waals surface area (Å²) in [5.74, 6) is 0.720. The molecule has 1 aliphatic heterocycles. The third kappa shape index (κ3) is 5.47. The third-order valence-electron chi connectivity index (χ3n) is 5.33. The van der Waals surface area contributed by atoms with Crippen molar-refractivity contribution in [2.45, 2.75) is 31.6 Å². The molecule has 1 aliphatic rings. The van der Waals surface area contributed by atoms with Crippen molar-refractivity contribution in [1.82, 2.24) is 4.31 Å². The van der Waals surface area contributed by atoms with Crippen LogP contribution in [0.1, 0.15) is 26.7 Å². The predicted molar refractivity (Wildman–Crippen MR) is 131 cm³/mol. The number of anilines is 3. The van der Waals surface area contributed by atoms with Crippen LogP contribution in [0.25, 0.3) is 0 Å². The lowest BCUT2D eigenvalue weighted by molar-refractivity contribution is 0.415. The number of methoxy groups -OCH3 is 1. The van der Waals surface area contributed by atoms with Crippen LogP contribution in [-0.4, -0.2) is 51.1 Å². The van der Waals surface area contributed by atoms with E-state index in [0.29, 0.717) is 23.9 Å². The molecule has 0 bridgehead atoms. The van der Waals surface area contributed by atoms with Gasteiger partial charge in [-0.15, -0.1) is 0 Å². The number of nitrogens with one attached hydrogen (secondary N) is 2. The SMILES string of the molecule is CCN(CC)S(=O)(=O)c1ccc(N2CCCC2)c(NC(=S)Nc2cccc(OC)c2)c1. The molecule has 0 saturated carbocycles. The molecule has 0 atom stereocenters. The highest BCUT2D eigenvalue weighted by molar-refractivity contribution is 7.89. The van der Waals surface area contributed by atoms with Gasteiger partial charge in [-0.2, -0.15) is 4.31 Å². The molecule has 2 N–H and O–H groups in total. The number of hydrogen-bond donors (Lipinski definition) is 2. The van der Waals surface area contributed by atoms with E-state index in [2.05, 4.69) is 15.5 Å². The number of ether oxygens (including phenoxy) is 1. The summed E-state index contributed by atoms with van der Waals surface area (Å²) in [6.45, 7) is 6.40. The molecule has 0 amide bonds. The lowest BCUT2D eigenvalue weighted by atomic mass is 10.2.